The summed E-state index contributed by atoms with van der Waals surface area (Å²) in [4.78, 5) is 17.3. The number of nitrogens with one attached hydrogen (secondary N) is 1. The molecule has 2 aromatic rings. The van der Waals surface area contributed by atoms with Gasteiger partial charge in [0.2, 0.25) is 5.91 Å². The van der Waals surface area contributed by atoms with Gasteiger partial charge in [-0.3, -0.25) is 4.79 Å². The summed E-state index contributed by atoms with van der Waals surface area (Å²) in [5, 5.41) is 7.81. The van der Waals surface area contributed by atoms with Crippen molar-refractivity contribution >= 4 is 5.91 Å². The molecule has 1 heterocycles. The number of carbonyl (C=O) groups is 1. The van der Waals surface area contributed by atoms with E-state index in [4.69, 9.17) is 0 Å². The molecular formula is C22H30N4O. The molecule has 27 heavy (non-hydrogen) atoms. The van der Waals surface area contributed by atoms with Crippen LogP contribution < -0.4 is 5.32 Å². The summed E-state index contributed by atoms with van der Waals surface area (Å²) in [7, 11) is 0. The second-order valence-corrected chi connectivity index (χ2v) is 8.37. The Bertz CT molecular complexity index is 800. The topological polar surface area (TPSA) is 59.8 Å². The van der Waals surface area contributed by atoms with Crippen LogP contribution in [0.5, 0.6) is 0 Å². The van der Waals surface area contributed by atoms with Gasteiger partial charge in [0.05, 0.1) is 12.5 Å². The third kappa shape index (κ3) is 3.52. The zero-order valence-corrected chi connectivity index (χ0v) is 16.6. The third-order valence-electron chi connectivity index (χ3n) is 6.53. The van der Waals surface area contributed by atoms with Gasteiger partial charge in [0.1, 0.15) is 11.6 Å². The number of aryl methyl sites for hydroxylation is 2. The maximum Gasteiger partial charge on any atom is 0.224 e. The fraction of sp³-hybridized carbons (Fsp3) is 0.591. The normalized spacial score (nSPS) is 28.1. The first-order valence-electron chi connectivity index (χ1n) is 10.3. The highest BCUT2D eigenvalue weighted by Gasteiger charge is 2.51. The fourth-order valence-corrected chi connectivity index (χ4v) is 5.18. The van der Waals surface area contributed by atoms with Gasteiger partial charge in [-0.1, -0.05) is 50.1 Å². The minimum Gasteiger partial charge on any atom is -0.352 e. The van der Waals surface area contributed by atoms with Crippen molar-refractivity contribution in [2.75, 3.05) is 0 Å². The van der Waals surface area contributed by atoms with Gasteiger partial charge >= 0.3 is 0 Å². The molecule has 0 aliphatic heterocycles. The summed E-state index contributed by atoms with van der Waals surface area (Å²) < 4.78 is 1.85. The van der Waals surface area contributed by atoms with E-state index >= 15 is 0 Å². The minimum atomic E-state index is -0.121. The quantitative estimate of drug-likeness (QED) is 0.879. The van der Waals surface area contributed by atoms with E-state index in [2.05, 4.69) is 45.7 Å². The van der Waals surface area contributed by atoms with Crippen LogP contribution in [-0.4, -0.2) is 26.7 Å². The van der Waals surface area contributed by atoms with E-state index in [1.54, 1.807) is 0 Å². The Morgan fingerprint density at radius 3 is 2.56 bits per heavy atom. The monoisotopic (exact) mass is 366 g/mol. The molecule has 2 fully saturated rings. The molecule has 0 spiro atoms. The number of rotatable bonds is 5. The molecule has 1 amide bonds. The third-order valence-corrected chi connectivity index (χ3v) is 6.53. The molecule has 4 rings (SSSR count). The van der Waals surface area contributed by atoms with Crippen LogP contribution in [0.4, 0.5) is 0 Å². The summed E-state index contributed by atoms with van der Waals surface area (Å²) in [5.74, 6) is 3.46. The second kappa shape index (κ2) is 7.45. The molecule has 2 aliphatic rings. The summed E-state index contributed by atoms with van der Waals surface area (Å²) in [5.41, 5.74) is 1.38. The van der Waals surface area contributed by atoms with Crippen LogP contribution in [0.2, 0.25) is 0 Å². The van der Waals surface area contributed by atoms with Crippen molar-refractivity contribution in [3.8, 4) is 0 Å². The summed E-state index contributed by atoms with van der Waals surface area (Å²) in [6, 6.07) is 11.0. The Hall–Kier alpha value is -2.17. The van der Waals surface area contributed by atoms with E-state index in [0.29, 0.717) is 18.4 Å². The Morgan fingerprint density at radius 2 is 1.89 bits per heavy atom. The molecular weight excluding hydrogens is 336 g/mol. The maximum atomic E-state index is 12.9. The summed E-state index contributed by atoms with van der Waals surface area (Å²) >= 11 is 0. The van der Waals surface area contributed by atoms with Crippen molar-refractivity contribution in [2.45, 2.75) is 65.0 Å². The highest BCUT2D eigenvalue weighted by Crippen LogP contribution is 2.54. The van der Waals surface area contributed by atoms with Crippen molar-refractivity contribution in [2.24, 2.45) is 17.8 Å². The predicted molar refractivity (Wildman–Crippen MR) is 105 cm³/mol. The van der Waals surface area contributed by atoms with Gasteiger partial charge in [0.15, 0.2) is 0 Å². The minimum absolute atomic E-state index is 0.121. The molecule has 0 bridgehead atoms. The zero-order chi connectivity index (χ0) is 19.0. The molecule has 144 valence electrons. The van der Waals surface area contributed by atoms with Gasteiger partial charge < -0.3 is 5.32 Å². The van der Waals surface area contributed by atoms with Crippen LogP contribution >= 0.6 is 0 Å². The number of benzene rings is 1. The van der Waals surface area contributed by atoms with Gasteiger partial charge in [0, 0.05) is 12.0 Å². The lowest BCUT2D eigenvalue weighted by molar-refractivity contribution is -0.128. The molecule has 5 heteroatoms. The number of hydrogen-bond acceptors (Lipinski definition) is 3. The summed E-state index contributed by atoms with van der Waals surface area (Å²) in [6.45, 7) is 6.39. The average molecular weight is 367 g/mol. The number of amides is 1. The average Bonchev–Trinajstić information content (AvgIpc) is 2.97. The molecule has 0 radical (unpaired) electrons. The van der Waals surface area contributed by atoms with Crippen molar-refractivity contribution in [1.29, 1.82) is 0 Å². The van der Waals surface area contributed by atoms with Gasteiger partial charge in [0.25, 0.3) is 0 Å². The maximum absolute atomic E-state index is 12.9. The number of fused-ring (bicyclic) bond motifs is 1. The van der Waals surface area contributed by atoms with Crippen LogP contribution in [0.1, 0.15) is 55.7 Å². The van der Waals surface area contributed by atoms with E-state index in [1.807, 2.05) is 25.5 Å². The smallest absolute Gasteiger partial charge is 0.224 e. The lowest BCUT2D eigenvalue weighted by Crippen LogP contribution is -2.60. The zero-order valence-electron chi connectivity index (χ0n) is 16.6. The molecule has 1 aromatic carbocycles. The van der Waals surface area contributed by atoms with Crippen LogP contribution in [-0.2, 0) is 11.3 Å². The first-order valence-corrected chi connectivity index (χ1v) is 10.3. The van der Waals surface area contributed by atoms with Gasteiger partial charge in [-0.2, -0.15) is 5.10 Å². The van der Waals surface area contributed by atoms with Crippen molar-refractivity contribution in [3.05, 3.63) is 47.5 Å². The van der Waals surface area contributed by atoms with E-state index in [-0.39, 0.29) is 17.9 Å². The molecule has 1 aromatic heterocycles. The Labute approximate surface area is 161 Å². The lowest BCUT2D eigenvalue weighted by atomic mass is 9.53. The highest BCUT2D eigenvalue weighted by molar-refractivity contribution is 5.79. The number of aromatic nitrogens is 3. The molecule has 5 nitrogen and oxygen atoms in total. The molecule has 1 N–H and O–H groups in total. The van der Waals surface area contributed by atoms with Gasteiger partial charge in [-0.25, -0.2) is 9.67 Å². The highest BCUT2D eigenvalue weighted by atomic mass is 16.2. The SMILES string of the molecule is Cc1nc(C)n(C[C@H](C)C(=O)N[C@H]2[C@H]3CCCC[C@@H]3[C@@H]2c2ccccc2)n1. The fourth-order valence-electron chi connectivity index (χ4n) is 5.18. The number of hydrogen-bond donors (Lipinski definition) is 1. The van der Waals surface area contributed by atoms with E-state index in [1.165, 1.54) is 31.2 Å². The van der Waals surface area contributed by atoms with Crippen LogP contribution in [0, 0.1) is 31.6 Å². The summed E-state index contributed by atoms with van der Waals surface area (Å²) in [6.07, 6.45) is 5.16. The largest absolute Gasteiger partial charge is 0.352 e. The predicted octanol–water partition coefficient (Wildman–Crippen LogP) is 3.62. The van der Waals surface area contributed by atoms with E-state index in [9.17, 15) is 4.79 Å². The molecule has 2 saturated carbocycles. The Morgan fingerprint density at radius 1 is 1.19 bits per heavy atom. The first kappa shape index (κ1) is 18.2. The van der Waals surface area contributed by atoms with Crippen molar-refractivity contribution in [3.63, 3.8) is 0 Å². The Balaban J connectivity index is 1.46. The lowest BCUT2D eigenvalue weighted by Gasteiger charge is -2.55. The van der Waals surface area contributed by atoms with Crippen LogP contribution in [0.3, 0.4) is 0 Å². The van der Waals surface area contributed by atoms with Crippen LogP contribution in [0.25, 0.3) is 0 Å². The molecule has 5 atom stereocenters. The van der Waals surface area contributed by atoms with E-state index in [0.717, 1.165) is 17.6 Å². The van der Waals surface area contributed by atoms with Crippen LogP contribution in [0.15, 0.2) is 30.3 Å². The van der Waals surface area contributed by atoms with Gasteiger partial charge in [-0.05, 0) is 44.1 Å². The van der Waals surface area contributed by atoms with E-state index < -0.39 is 0 Å². The molecule has 0 unspecified atom stereocenters. The standard InChI is InChI=1S/C22H30N4O/c1-14(13-26-16(3)23-15(2)25-26)22(27)24-21-19-12-8-7-11-18(19)20(21)17-9-5-4-6-10-17/h4-6,9-10,14,18-21H,7-8,11-13H2,1-3H3,(H,24,27)/t14-,18-,19-,20-,21-/m0/s1. The van der Waals surface area contributed by atoms with Gasteiger partial charge in [-0.15, -0.1) is 0 Å². The van der Waals surface area contributed by atoms with Crippen molar-refractivity contribution < 1.29 is 4.79 Å². The van der Waals surface area contributed by atoms with Crippen molar-refractivity contribution in [1.82, 2.24) is 20.1 Å². The second-order valence-electron chi connectivity index (χ2n) is 8.37. The first-order chi connectivity index (χ1) is 13.0. The number of nitrogens with zero attached hydrogens (tertiary/aromatic N) is 3. The number of carbonyl (C=O) groups excluding carboxylic acids is 1. The Kier molecular flexibility index (Phi) is 5.02. The molecule has 2 aliphatic carbocycles. The molecule has 0 saturated heterocycles.